The van der Waals surface area contributed by atoms with Crippen LogP contribution >= 0.6 is 0 Å². The predicted molar refractivity (Wildman–Crippen MR) is 115 cm³/mol. The fraction of sp³-hybridized carbons (Fsp3) is 0.217. The van der Waals surface area contributed by atoms with Crippen LogP contribution in [0.4, 0.5) is 10.1 Å². The second-order valence-corrected chi connectivity index (χ2v) is 7.59. The molecular formula is C23H22FN5O2. The summed E-state index contributed by atoms with van der Waals surface area (Å²) < 4.78 is 15.2. The predicted octanol–water partition coefficient (Wildman–Crippen LogP) is 3.36. The Morgan fingerprint density at radius 2 is 1.90 bits per heavy atom. The molecule has 0 aliphatic carbocycles. The third-order valence-electron chi connectivity index (χ3n) is 5.52. The highest BCUT2D eigenvalue weighted by molar-refractivity contribution is 6.07. The highest BCUT2D eigenvalue weighted by Gasteiger charge is 2.29. The van der Waals surface area contributed by atoms with Gasteiger partial charge in [0.05, 0.1) is 0 Å². The fourth-order valence-electron chi connectivity index (χ4n) is 3.58. The van der Waals surface area contributed by atoms with Gasteiger partial charge in [0.25, 0.3) is 5.91 Å². The molecule has 158 valence electrons. The normalized spacial score (nSPS) is 15.9. The Morgan fingerprint density at radius 1 is 1.16 bits per heavy atom. The molecule has 31 heavy (non-hydrogen) atoms. The van der Waals surface area contributed by atoms with Crippen molar-refractivity contribution < 1.29 is 14.0 Å². The molecule has 4 rings (SSSR count). The average molecular weight is 419 g/mol. The summed E-state index contributed by atoms with van der Waals surface area (Å²) in [6.45, 7) is 3.77. The summed E-state index contributed by atoms with van der Waals surface area (Å²) in [5.74, 6) is 0.128. The number of aromatic nitrogens is 3. The van der Waals surface area contributed by atoms with Crippen LogP contribution in [0.1, 0.15) is 29.3 Å². The summed E-state index contributed by atoms with van der Waals surface area (Å²) in [5.41, 5.74) is 3.46. The highest BCUT2D eigenvalue weighted by Crippen LogP contribution is 2.32. The Morgan fingerprint density at radius 3 is 2.58 bits per heavy atom. The molecule has 0 spiro atoms. The van der Waals surface area contributed by atoms with Gasteiger partial charge in [-0.15, -0.1) is 10.2 Å². The van der Waals surface area contributed by atoms with E-state index in [1.807, 2.05) is 43.7 Å². The van der Waals surface area contributed by atoms with Crippen molar-refractivity contribution in [2.75, 3.05) is 5.32 Å². The number of halogens is 1. The number of carbonyl (C=O) groups excluding carboxylic acids is 2. The van der Waals surface area contributed by atoms with Gasteiger partial charge in [-0.3, -0.25) is 9.59 Å². The van der Waals surface area contributed by atoms with E-state index < -0.39 is 5.92 Å². The van der Waals surface area contributed by atoms with E-state index in [2.05, 4.69) is 20.8 Å². The first-order valence-corrected chi connectivity index (χ1v) is 9.86. The minimum Gasteiger partial charge on any atom is -0.332 e. The molecule has 8 heteroatoms. The maximum absolute atomic E-state index is 13.3. The summed E-state index contributed by atoms with van der Waals surface area (Å²) >= 11 is 0. The number of carbonyl (C=O) groups is 2. The number of rotatable bonds is 4. The number of benzene rings is 2. The molecule has 0 bridgehead atoms. The lowest BCUT2D eigenvalue weighted by Crippen LogP contribution is -2.32. The van der Waals surface area contributed by atoms with Gasteiger partial charge < -0.3 is 15.2 Å². The second kappa shape index (κ2) is 8.14. The van der Waals surface area contributed by atoms with Gasteiger partial charge in [-0.2, -0.15) is 0 Å². The SMILES string of the molecule is Cc1ccc(-c2nnc(C)n2C)cc1NC(=O)C1=CNC(=O)CC1c1ccc(F)cc1. The number of anilines is 1. The van der Waals surface area contributed by atoms with E-state index in [0.717, 1.165) is 17.0 Å². The van der Waals surface area contributed by atoms with Crippen molar-refractivity contribution in [2.24, 2.45) is 7.05 Å². The molecule has 0 saturated heterocycles. The lowest BCUT2D eigenvalue weighted by molar-refractivity contribution is -0.121. The number of hydrogen-bond acceptors (Lipinski definition) is 4. The van der Waals surface area contributed by atoms with E-state index in [0.29, 0.717) is 22.6 Å². The second-order valence-electron chi connectivity index (χ2n) is 7.59. The topological polar surface area (TPSA) is 88.9 Å². The zero-order valence-electron chi connectivity index (χ0n) is 17.4. The first-order valence-electron chi connectivity index (χ1n) is 9.86. The lowest BCUT2D eigenvalue weighted by atomic mass is 9.86. The van der Waals surface area contributed by atoms with Gasteiger partial charge >= 0.3 is 0 Å². The van der Waals surface area contributed by atoms with Crippen LogP contribution in [0, 0.1) is 19.7 Å². The molecule has 7 nitrogen and oxygen atoms in total. The van der Waals surface area contributed by atoms with Crippen LogP contribution < -0.4 is 10.6 Å². The fourth-order valence-corrected chi connectivity index (χ4v) is 3.58. The number of aryl methyl sites for hydroxylation is 2. The summed E-state index contributed by atoms with van der Waals surface area (Å²) in [7, 11) is 1.88. The van der Waals surface area contributed by atoms with E-state index in [4.69, 9.17) is 0 Å². The molecule has 2 N–H and O–H groups in total. The van der Waals surface area contributed by atoms with Gasteiger partial charge in [0, 0.05) is 42.4 Å². The average Bonchev–Trinajstić information content (AvgIpc) is 3.08. The number of nitrogens with zero attached hydrogens (tertiary/aromatic N) is 3. The molecule has 1 unspecified atom stereocenters. The molecular weight excluding hydrogens is 397 g/mol. The molecule has 0 radical (unpaired) electrons. The Kier molecular flexibility index (Phi) is 5.37. The molecule has 0 saturated carbocycles. The van der Waals surface area contributed by atoms with E-state index in [1.165, 1.54) is 18.3 Å². The van der Waals surface area contributed by atoms with Gasteiger partial charge in [0.15, 0.2) is 5.82 Å². The third-order valence-corrected chi connectivity index (χ3v) is 5.52. The smallest absolute Gasteiger partial charge is 0.253 e. The maximum atomic E-state index is 13.3. The van der Waals surface area contributed by atoms with Gasteiger partial charge in [-0.25, -0.2) is 4.39 Å². The standard InChI is InChI=1S/C23H22FN5O2/c1-13-4-5-16(22-28-27-14(2)29(22)3)10-20(13)26-23(31)19-12-25-21(30)11-18(19)15-6-8-17(24)9-7-15/h4-10,12,18H,11H2,1-3H3,(H,25,30)(H,26,31). The number of nitrogens with one attached hydrogen (secondary N) is 2. The maximum Gasteiger partial charge on any atom is 0.253 e. The van der Waals surface area contributed by atoms with Crippen LogP contribution in [0.2, 0.25) is 0 Å². The summed E-state index contributed by atoms with van der Waals surface area (Å²) in [4.78, 5) is 25.1. The summed E-state index contributed by atoms with van der Waals surface area (Å²) in [6, 6.07) is 11.5. The van der Waals surface area contributed by atoms with E-state index in [9.17, 15) is 14.0 Å². The molecule has 0 fully saturated rings. The zero-order chi connectivity index (χ0) is 22.1. The molecule has 2 heterocycles. The van der Waals surface area contributed by atoms with Crippen molar-refractivity contribution in [1.82, 2.24) is 20.1 Å². The van der Waals surface area contributed by atoms with Crippen LogP contribution in [0.15, 0.2) is 54.2 Å². The minimum absolute atomic E-state index is 0.113. The monoisotopic (exact) mass is 419 g/mol. The molecule has 1 aliphatic rings. The van der Waals surface area contributed by atoms with Gasteiger partial charge in [0.1, 0.15) is 11.6 Å². The van der Waals surface area contributed by atoms with Crippen LogP contribution in [-0.2, 0) is 16.6 Å². The molecule has 1 atom stereocenters. The van der Waals surface area contributed by atoms with Gasteiger partial charge in [0.2, 0.25) is 5.91 Å². The quantitative estimate of drug-likeness (QED) is 0.679. The van der Waals surface area contributed by atoms with Crippen molar-refractivity contribution in [2.45, 2.75) is 26.2 Å². The molecule has 2 amide bonds. The largest absolute Gasteiger partial charge is 0.332 e. The number of amides is 2. The Bertz CT molecular complexity index is 1200. The Balaban J connectivity index is 1.63. The number of hydrogen-bond donors (Lipinski definition) is 2. The van der Waals surface area contributed by atoms with Crippen LogP contribution in [-0.4, -0.2) is 26.6 Å². The van der Waals surface area contributed by atoms with Crippen molar-refractivity contribution >= 4 is 17.5 Å². The first kappa shape index (κ1) is 20.5. The van der Waals surface area contributed by atoms with E-state index in [1.54, 1.807) is 12.1 Å². The summed E-state index contributed by atoms with van der Waals surface area (Å²) in [6.07, 6.45) is 1.54. The first-order chi connectivity index (χ1) is 14.8. The molecule has 2 aromatic carbocycles. The van der Waals surface area contributed by atoms with Crippen molar-refractivity contribution in [3.05, 3.63) is 77.0 Å². The van der Waals surface area contributed by atoms with Crippen molar-refractivity contribution in [3.63, 3.8) is 0 Å². The van der Waals surface area contributed by atoms with Crippen LogP contribution in [0.5, 0.6) is 0 Å². The molecule has 1 aliphatic heterocycles. The third kappa shape index (κ3) is 4.09. The van der Waals surface area contributed by atoms with Gasteiger partial charge in [-0.1, -0.05) is 24.3 Å². The highest BCUT2D eigenvalue weighted by atomic mass is 19.1. The molecule has 3 aromatic rings. The van der Waals surface area contributed by atoms with Crippen molar-refractivity contribution in [3.8, 4) is 11.4 Å². The minimum atomic E-state index is -0.459. The van der Waals surface area contributed by atoms with Gasteiger partial charge in [-0.05, 0) is 43.2 Å². The van der Waals surface area contributed by atoms with Crippen LogP contribution in [0.3, 0.4) is 0 Å². The summed E-state index contributed by atoms with van der Waals surface area (Å²) in [5, 5.41) is 13.9. The zero-order valence-corrected chi connectivity index (χ0v) is 17.4. The van der Waals surface area contributed by atoms with E-state index >= 15 is 0 Å². The molecule has 1 aromatic heterocycles. The van der Waals surface area contributed by atoms with E-state index in [-0.39, 0.29) is 24.1 Å². The van der Waals surface area contributed by atoms with Crippen LogP contribution in [0.25, 0.3) is 11.4 Å². The Hall–Kier alpha value is -3.81. The van der Waals surface area contributed by atoms with Crippen molar-refractivity contribution in [1.29, 1.82) is 0 Å². The Labute approximate surface area is 179 Å². The lowest BCUT2D eigenvalue weighted by Gasteiger charge is -2.24.